The van der Waals surface area contributed by atoms with Crippen LogP contribution in [0.1, 0.15) is 30.1 Å². The zero-order valence-electron chi connectivity index (χ0n) is 11.3. The molecule has 0 atom stereocenters. The van der Waals surface area contributed by atoms with Crippen molar-refractivity contribution in [2.75, 3.05) is 7.11 Å². The number of hydrogen-bond acceptors (Lipinski definition) is 2. The molecule has 0 aliphatic heterocycles. The van der Waals surface area contributed by atoms with Gasteiger partial charge in [0.05, 0.1) is 7.11 Å². The summed E-state index contributed by atoms with van der Waals surface area (Å²) in [6.07, 6.45) is 1.45. The Kier molecular flexibility index (Phi) is 4.35. The molecular weight excluding hydrogens is 236 g/mol. The Hall–Kier alpha value is -2.09. The Morgan fingerprint density at radius 2 is 1.84 bits per heavy atom. The van der Waals surface area contributed by atoms with Crippen molar-refractivity contribution < 1.29 is 9.53 Å². The first kappa shape index (κ1) is 13.3. The van der Waals surface area contributed by atoms with Crippen molar-refractivity contribution >= 4 is 5.78 Å². The third-order valence-electron chi connectivity index (χ3n) is 3.08. The topological polar surface area (TPSA) is 26.3 Å². The molecule has 2 aromatic rings. The third kappa shape index (κ3) is 3.02. The largest absolute Gasteiger partial charge is 0.496 e. The maximum absolute atomic E-state index is 12.0. The van der Waals surface area contributed by atoms with Gasteiger partial charge in [0.2, 0.25) is 0 Å². The molecule has 0 aliphatic rings. The van der Waals surface area contributed by atoms with Gasteiger partial charge in [0.25, 0.3) is 0 Å². The van der Waals surface area contributed by atoms with E-state index in [0.717, 1.165) is 28.9 Å². The molecule has 0 N–H and O–H groups in total. The Bertz CT molecular complexity index is 559. The van der Waals surface area contributed by atoms with Gasteiger partial charge in [-0.25, -0.2) is 0 Å². The van der Waals surface area contributed by atoms with Gasteiger partial charge in [-0.3, -0.25) is 4.79 Å². The smallest absolute Gasteiger partial charge is 0.162 e. The van der Waals surface area contributed by atoms with Crippen molar-refractivity contribution in [2.45, 2.75) is 19.8 Å². The summed E-state index contributed by atoms with van der Waals surface area (Å²) in [5.74, 6) is 0.974. The molecule has 2 heteroatoms. The van der Waals surface area contributed by atoms with Crippen LogP contribution in [-0.4, -0.2) is 12.9 Å². The van der Waals surface area contributed by atoms with Crippen LogP contribution in [0, 0.1) is 0 Å². The van der Waals surface area contributed by atoms with E-state index in [0.29, 0.717) is 6.42 Å². The molecule has 0 bridgehead atoms. The first-order chi connectivity index (χ1) is 9.26. The minimum absolute atomic E-state index is 0.183. The van der Waals surface area contributed by atoms with E-state index in [-0.39, 0.29) is 5.78 Å². The number of carbonyl (C=O) groups is 1. The molecule has 0 fully saturated rings. The summed E-state index contributed by atoms with van der Waals surface area (Å²) in [7, 11) is 1.65. The molecule has 0 amide bonds. The second-order valence-corrected chi connectivity index (χ2v) is 4.45. The molecule has 0 spiro atoms. The lowest BCUT2D eigenvalue weighted by Gasteiger charge is -2.10. The predicted octanol–water partition coefficient (Wildman–Crippen LogP) is 4.35. The van der Waals surface area contributed by atoms with Gasteiger partial charge in [-0.05, 0) is 30.2 Å². The number of ketones is 1. The van der Waals surface area contributed by atoms with E-state index in [2.05, 4.69) is 0 Å². The van der Waals surface area contributed by atoms with Gasteiger partial charge in [0, 0.05) is 17.5 Å². The summed E-state index contributed by atoms with van der Waals surface area (Å²) in [5.41, 5.74) is 2.78. The first-order valence-corrected chi connectivity index (χ1v) is 6.53. The second-order valence-electron chi connectivity index (χ2n) is 4.45. The Balaban J connectivity index is 2.46. The van der Waals surface area contributed by atoms with Gasteiger partial charge in [0.1, 0.15) is 5.75 Å². The minimum Gasteiger partial charge on any atom is -0.496 e. The number of Topliss-reactive ketones (excluding diaryl/α,β-unsaturated/α-hetero) is 1. The highest BCUT2D eigenvalue weighted by molar-refractivity contribution is 5.97. The Morgan fingerprint density at radius 3 is 2.47 bits per heavy atom. The molecule has 2 aromatic carbocycles. The molecule has 0 aromatic heterocycles. The lowest BCUT2D eigenvalue weighted by atomic mass is 9.99. The number of hydrogen-bond donors (Lipinski definition) is 0. The molecular formula is C17H18O2. The molecule has 0 heterocycles. The van der Waals surface area contributed by atoms with E-state index in [9.17, 15) is 4.79 Å². The summed E-state index contributed by atoms with van der Waals surface area (Å²) in [5, 5.41) is 0. The van der Waals surface area contributed by atoms with Gasteiger partial charge < -0.3 is 4.74 Å². The summed E-state index contributed by atoms with van der Waals surface area (Å²) in [6.45, 7) is 2.01. The van der Waals surface area contributed by atoms with Gasteiger partial charge in [0.15, 0.2) is 5.78 Å². The Morgan fingerprint density at radius 1 is 1.11 bits per heavy atom. The molecule has 0 radical (unpaired) electrons. The SMILES string of the molecule is CCCC(=O)c1ccc(OC)c(-c2ccccc2)c1. The summed E-state index contributed by atoms with van der Waals surface area (Å²) in [6, 6.07) is 15.6. The number of carbonyl (C=O) groups excluding carboxylic acids is 1. The molecule has 0 unspecified atom stereocenters. The van der Waals surface area contributed by atoms with Crippen LogP contribution < -0.4 is 4.74 Å². The first-order valence-electron chi connectivity index (χ1n) is 6.53. The lowest BCUT2D eigenvalue weighted by Crippen LogP contribution is -1.99. The average molecular weight is 254 g/mol. The molecule has 98 valence electrons. The minimum atomic E-state index is 0.183. The predicted molar refractivity (Wildman–Crippen MR) is 77.7 cm³/mol. The zero-order valence-corrected chi connectivity index (χ0v) is 11.3. The molecule has 0 aliphatic carbocycles. The fourth-order valence-electron chi connectivity index (χ4n) is 2.10. The average Bonchev–Trinajstić information content (AvgIpc) is 2.47. The van der Waals surface area contributed by atoms with Crippen LogP contribution in [0.3, 0.4) is 0 Å². The quantitative estimate of drug-likeness (QED) is 0.742. The fourth-order valence-corrected chi connectivity index (χ4v) is 2.10. The van der Waals surface area contributed by atoms with Crippen molar-refractivity contribution in [3.8, 4) is 16.9 Å². The highest BCUT2D eigenvalue weighted by Gasteiger charge is 2.10. The van der Waals surface area contributed by atoms with E-state index in [1.807, 2.05) is 55.5 Å². The van der Waals surface area contributed by atoms with Gasteiger partial charge in [-0.1, -0.05) is 37.3 Å². The molecule has 19 heavy (non-hydrogen) atoms. The number of ether oxygens (including phenoxy) is 1. The standard InChI is InChI=1S/C17H18O2/c1-3-7-16(18)14-10-11-17(19-2)15(12-14)13-8-5-4-6-9-13/h4-6,8-12H,3,7H2,1-2H3. The summed E-state index contributed by atoms with van der Waals surface area (Å²) in [4.78, 5) is 12.0. The fraction of sp³-hybridized carbons (Fsp3) is 0.235. The zero-order chi connectivity index (χ0) is 13.7. The second kappa shape index (κ2) is 6.19. The normalized spacial score (nSPS) is 10.2. The van der Waals surface area contributed by atoms with Crippen LogP contribution in [0.2, 0.25) is 0 Å². The van der Waals surface area contributed by atoms with Crippen LogP contribution in [-0.2, 0) is 0 Å². The van der Waals surface area contributed by atoms with Crippen molar-refractivity contribution in [2.24, 2.45) is 0 Å². The van der Waals surface area contributed by atoms with Crippen molar-refractivity contribution in [1.82, 2.24) is 0 Å². The molecule has 2 nitrogen and oxygen atoms in total. The number of benzene rings is 2. The van der Waals surface area contributed by atoms with Crippen LogP contribution in [0.5, 0.6) is 5.75 Å². The van der Waals surface area contributed by atoms with Crippen LogP contribution in [0.25, 0.3) is 11.1 Å². The number of methoxy groups -OCH3 is 1. The van der Waals surface area contributed by atoms with E-state index in [4.69, 9.17) is 4.74 Å². The van der Waals surface area contributed by atoms with E-state index in [1.165, 1.54) is 0 Å². The maximum Gasteiger partial charge on any atom is 0.162 e. The summed E-state index contributed by atoms with van der Waals surface area (Å²) < 4.78 is 5.38. The molecule has 0 saturated carbocycles. The van der Waals surface area contributed by atoms with E-state index in [1.54, 1.807) is 7.11 Å². The van der Waals surface area contributed by atoms with Crippen molar-refractivity contribution in [3.05, 3.63) is 54.1 Å². The monoisotopic (exact) mass is 254 g/mol. The highest BCUT2D eigenvalue weighted by atomic mass is 16.5. The Labute approximate surface area is 114 Å². The van der Waals surface area contributed by atoms with Gasteiger partial charge >= 0.3 is 0 Å². The molecule has 0 saturated heterocycles. The third-order valence-corrected chi connectivity index (χ3v) is 3.08. The van der Waals surface area contributed by atoms with E-state index >= 15 is 0 Å². The lowest BCUT2D eigenvalue weighted by molar-refractivity contribution is 0.0982. The van der Waals surface area contributed by atoms with Crippen molar-refractivity contribution in [3.63, 3.8) is 0 Å². The van der Waals surface area contributed by atoms with Crippen LogP contribution in [0.4, 0.5) is 0 Å². The van der Waals surface area contributed by atoms with Crippen molar-refractivity contribution in [1.29, 1.82) is 0 Å². The summed E-state index contributed by atoms with van der Waals surface area (Å²) >= 11 is 0. The maximum atomic E-state index is 12.0. The van der Waals surface area contributed by atoms with Crippen LogP contribution in [0.15, 0.2) is 48.5 Å². The highest BCUT2D eigenvalue weighted by Crippen LogP contribution is 2.31. The number of rotatable bonds is 5. The molecule has 2 rings (SSSR count). The van der Waals surface area contributed by atoms with Gasteiger partial charge in [-0.15, -0.1) is 0 Å². The van der Waals surface area contributed by atoms with Gasteiger partial charge in [-0.2, -0.15) is 0 Å². The van der Waals surface area contributed by atoms with E-state index < -0.39 is 0 Å². The van der Waals surface area contributed by atoms with Crippen LogP contribution >= 0.6 is 0 Å².